The Morgan fingerprint density at radius 3 is 1.89 bits per heavy atom. The van der Waals surface area contributed by atoms with Gasteiger partial charge in [0.15, 0.2) is 0 Å². The lowest BCUT2D eigenvalue weighted by Gasteiger charge is -2.19. The maximum absolute atomic E-state index is 9.37. The molecule has 0 saturated heterocycles. The number of para-hydroxylation sites is 2. The summed E-state index contributed by atoms with van der Waals surface area (Å²) in [6, 6.07) is 16.4. The zero-order valence-electron chi connectivity index (χ0n) is 10.8. The number of carboxylic acid groups (broad SMARTS) is 1. The molecule has 1 aliphatic heterocycles. The minimum Gasteiger partial charge on any atom is -0.481 e. The third-order valence-corrected chi connectivity index (χ3v) is 2.85. The van der Waals surface area contributed by atoms with Crippen LogP contribution in [-0.4, -0.2) is 11.1 Å². The number of carboxylic acids is 1. The summed E-state index contributed by atoms with van der Waals surface area (Å²) in [5.41, 5.74) is 2.54. The van der Waals surface area contributed by atoms with Crippen LogP contribution in [0.4, 0.5) is 0 Å². The Kier molecular flexibility index (Phi) is 4.18. The summed E-state index contributed by atoms with van der Waals surface area (Å²) in [4.78, 5) is 9.37. The Morgan fingerprint density at radius 1 is 1.05 bits per heavy atom. The van der Waals surface area contributed by atoms with Gasteiger partial charge in [0.1, 0.15) is 11.5 Å². The first-order valence-electron chi connectivity index (χ1n) is 6.26. The molecule has 1 aliphatic rings. The van der Waals surface area contributed by atoms with Gasteiger partial charge in [-0.15, -0.1) is 0 Å². The second kappa shape index (κ2) is 6.05. The van der Waals surface area contributed by atoms with Crippen LogP contribution in [-0.2, 0) is 11.2 Å². The highest BCUT2D eigenvalue weighted by Crippen LogP contribution is 2.35. The van der Waals surface area contributed by atoms with Gasteiger partial charge in [0.25, 0.3) is 0 Å². The van der Waals surface area contributed by atoms with E-state index < -0.39 is 5.97 Å². The lowest BCUT2D eigenvalue weighted by molar-refractivity contribution is -0.136. The summed E-state index contributed by atoms with van der Waals surface area (Å²) in [5, 5.41) is 7.72. The average Bonchev–Trinajstić information content (AvgIpc) is 2.45. The number of aliphatic carboxylic acids is 1. The fourth-order valence-electron chi connectivity index (χ4n) is 1.82. The Bertz CT molecular complexity index is 488. The van der Waals surface area contributed by atoms with Crippen LogP contribution in [0.15, 0.2) is 48.5 Å². The first-order chi connectivity index (χ1) is 9.20. The van der Waals surface area contributed by atoms with Gasteiger partial charge < -0.3 is 9.84 Å². The Morgan fingerprint density at radius 2 is 1.47 bits per heavy atom. The van der Waals surface area contributed by atoms with E-state index in [-0.39, 0.29) is 6.42 Å². The molecule has 0 amide bonds. The van der Waals surface area contributed by atoms with E-state index in [2.05, 4.69) is 24.3 Å². The third-order valence-electron chi connectivity index (χ3n) is 2.85. The summed E-state index contributed by atoms with van der Waals surface area (Å²) < 4.78 is 5.78. The van der Waals surface area contributed by atoms with Crippen molar-refractivity contribution in [2.24, 2.45) is 0 Å². The number of carbonyl (C=O) groups is 1. The number of hydrogen-bond donors (Lipinski definition) is 1. The number of benzene rings is 2. The summed E-state index contributed by atoms with van der Waals surface area (Å²) >= 11 is 0. The van der Waals surface area contributed by atoms with Crippen molar-refractivity contribution in [2.75, 3.05) is 0 Å². The molecule has 0 radical (unpaired) electrons. The number of hydrogen-bond acceptors (Lipinski definition) is 2. The lowest BCUT2D eigenvalue weighted by atomic mass is 10.0. The van der Waals surface area contributed by atoms with E-state index in [0.29, 0.717) is 0 Å². The average molecular weight is 256 g/mol. The fraction of sp³-hybridized carbons (Fsp3) is 0.188. The van der Waals surface area contributed by atoms with Gasteiger partial charge >= 0.3 is 5.97 Å². The van der Waals surface area contributed by atoms with E-state index in [0.717, 1.165) is 17.9 Å². The molecule has 2 aromatic carbocycles. The van der Waals surface area contributed by atoms with Gasteiger partial charge in [-0.1, -0.05) is 43.3 Å². The first-order valence-corrected chi connectivity index (χ1v) is 6.26. The molecular weight excluding hydrogens is 240 g/mol. The SMILES string of the molecule is CCC(=O)O.c1ccc2c(c1)Cc1ccccc1O2. The zero-order valence-corrected chi connectivity index (χ0v) is 10.8. The van der Waals surface area contributed by atoms with Gasteiger partial charge in [0, 0.05) is 12.8 Å². The first kappa shape index (κ1) is 13.1. The molecule has 3 heteroatoms. The van der Waals surface area contributed by atoms with Crippen molar-refractivity contribution >= 4 is 5.97 Å². The van der Waals surface area contributed by atoms with Crippen LogP contribution in [0.3, 0.4) is 0 Å². The fourth-order valence-corrected chi connectivity index (χ4v) is 1.82. The topological polar surface area (TPSA) is 46.5 Å². The monoisotopic (exact) mass is 256 g/mol. The van der Waals surface area contributed by atoms with Crippen molar-refractivity contribution in [1.82, 2.24) is 0 Å². The second-order valence-electron chi connectivity index (χ2n) is 4.24. The summed E-state index contributed by atoms with van der Waals surface area (Å²) in [7, 11) is 0. The molecule has 1 N–H and O–H groups in total. The maximum Gasteiger partial charge on any atom is 0.303 e. The van der Waals surface area contributed by atoms with E-state index in [1.165, 1.54) is 11.1 Å². The molecule has 0 saturated carbocycles. The predicted octanol–water partition coefficient (Wildman–Crippen LogP) is 3.86. The van der Waals surface area contributed by atoms with Gasteiger partial charge in [0.05, 0.1) is 0 Å². The molecule has 0 fully saturated rings. The van der Waals surface area contributed by atoms with E-state index in [1.54, 1.807) is 6.92 Å². The number of fused-ring (bicyclic) bond motifs is 2. The molecule has 1 heterocycles. The highest BCUT2D eigenvalue weighted by Gasteiger charge is 2.14. The molecule has 0 spiro atoms. The van der Waals surface area contributed by atoms with Crippen molar-refractivity contribution in [2.45, 2.75) is 19.8 Å². The van der Waals surface area contributed by atoms with Gasteiger partial charge in [-0.05, 0) is 23.3 Å². The summed E-state index contributed by atoms with van der Waals surface area (Å²) in [6.07, 6.45) is 1.20. The molecule has 3 rings (SSSR count). The van der Waals surface area contributed by atoms with Crippen molar-refractivity contribution in [1.29, 1.82) is 0 Å². The van der Waals surface area contributed by atoms with E-state index >= 15 is 0 Å². The molecule has 0 unspecified atom stereocenters. The Labute approximate surface area is 112 Å². The molecular formula is C16H16O3. The highest BCUT2D eigenvalue weighted by molar-refractivity contribution is 5.66. The molecule has 0 atom stereocenters. The second-order valence-corrected chi connectivity index (χ2v) is 4.24. The minimum absolute atomic E-state index is 0.222. The van der Waals surface area contributed by atoms with Crippen LogP contribution in [0.5, 0.6) is 11.5 Å². The quantitative estimate of drug-likeness (QED) is 0.719. The van der Waals surface area contributed by atoms with Crippen LogP contribution >= 0.6 is 0 Å². The third kappa shape index (κ3) is 3.35. The van der Waals surface area contributed by atoms with Crippen LogP contribution in [0, 0.1) is 0 Å². The number of rotatable bonds is 1. The molecule has 3 nitrogen and oxygen atoms in total. The smallest absolute Gasteiger partial charge is 0.303 e. The number of ether oxygens (including phenoxy) is 1. The Balaban J connectivity index is 0.000000232. The maximum atomic E-state index is 9.37. The molecule has 19 heavy (non-hydrogen) atoms. The molecule has 0 bridgehead atoms. The molecule has 0 aromatic heterocycles. The normalized spacial score (nSPS) is 11.2. The lowest BCUT2D eigenvalue weighted by Crippen LogP contribution is -2.01. The molecule has 2 aromatic rings. The van der Waals surface area contributed by atoms with E-state index in [9.17, 15) is 4.79 Å². The van der Waals surface area contributed by atoms with E-state index in [1.807, 2.05) is 24.3 Å². The van der Waals surface area contributed by atoms with E-state index in [4.69, 9.17) is 9.84 Å². The standard InChI is InChI=1S/C13H10O.C3H6O2/c1-3-7-12-10(5-1)9-11-6-2-4-8-13(11)14-12;1-2-3(4)5/h1-8H,9H2;2H2,1H3,(H,4,5). The van der Waals surface area contributed by atoms with Gasteiger partial charge in [-0.3, -0.25) is 4.79 Å². The van der Waals surface area contributed by atoms with Crippen LogP contribution in [0.2, 0.25) is 0 Å². The van der Waals surface area contributed by atoms with Crippen molar-refractivity contribution in [3.05, 3.63) is 59.7 Å². The Hall–Kier alpha value is -2.29. The zero-order chi connectivity index (χ0) is 13.7. The predicted molar refractivity (Wildman–Crippen MR) is 73.7 cm³/mol. The molecule has 98 valence electrons. The van der Waals surface area contributed by atoms with Crippen LogP contribution in [0.25, 0.3) is 0 Å². The van der Waals surface area contributed by atoms with Crippen LogP contribution < -0.4 is 4.74 Å². The largest absolute Gasteiger partial charge is 0.481 e. The van der Waals surface area contributed by atoms with Crippen molar-refractivity contribution in [3.8, 4) is 11.5 Å². The van der Waals surface area contributed by atoms with Gasteiger partial charge in [0.2, 0.25) is 0 Å². The van der Waals surface area contributed by atoms with Gasteiger partial charge in [-0.25, -0.2) is 0 Å². The molecule has 0 aliphatic carbocycles. The van der Waals surface area contributed by atoms with Crippen LogP contribution in [0.1, 0.15) is 24.5 Å². The summed E-state index contributed by atoms with van der Waals surface area (Å²) in [5.74, 6) is 1.24. The minimum atomic E-state index is -0.745. The van der Waals surface area contributed by atoms with Crippen molar-refractivity contribution < 1.29 is 14.6 Å². The van der Waals surface area contributed by atoms with Gasteiger partial charge in [-0.2, -0.15) is 0 Å². The van der Waals surface area contributed by atoms with Crippen molar-refractivity contribution in [3.63, 3.8) is 0 Å². The highest BCUT2D eigenvalue weighted by atomic mass is 16.5. The summed E-state index contributed by atoms with van der Waals surface area (Å²) in [6.45, 7) is 1.60.